The molecule has 0 atom stereocenters. The van der Waals surface area contributed by atoms with E-state index in [1.54, 1.807) is 29.5 Å². The van der Waals surface area contributed by atoms with Crippen molar-refractivity contribution >= 4 is 44.9 Å². The third kappa shape index (κ3) is 3.77. The van der Waals surface area contributed by atoms with Gasteiger partial charge in [0.05, 0.1) is 16.0 Å². The molecular weight excluding hydrogens is 380 g/mol. The van der Waals surface area contributed by atoms with Gasteiger partial charge in [-0.2, -0.15) is 0 Å². The zero-order chi connectivity index (χ0) is 18.8. The minimum absolute atomic E-state index is 0.167. The molecule has 0 spiro atoms. The number of hydrogen-bond acceptors (Lipinski definition) is 5. The maximum atomic E-state index is 12.2. The molecule has 0 unspecified atom stereocenters. The Morgan fingerprint density at radius 2 is 2.00 bits per heavy atom. The van der Waals surface area contributed by atoms with Crippen molar-refractivity contribution in [1.82, 2.24) is 15.3 Å². The van der Waals surface area contributed by atoms with Crippen LogP contribution in [0.2, 0.25) is 5.02 Å². The molecule has 1 aliphatic carbocycles. The van der Waals surface area contributed by atoms with Crippen molar-refractivity contribution in [2.24, 2.45) is 0 Å². The van der Waals surface area contributed by atoms with Gasteiger partial charge in [0.15, 0.2) is 0 Å². The molecule has 140 valence electrons. The molecule has 3 aromatic rings. The second-order valence-corrected chi connectivity index (χ2v) is 8.16. The number of aromatic nitrogens is 2. The summed E-state index contributed by atoms with van der Waals surface area (Å²) in [4.78, 5) is 24.0. The number of halogens is 1. The summed E-state index contributed by atoms with van der Waals surface area (Å²) >= 11 is 7.87. The second kappa shape index (κ2) is 7.82. The van der Waals surface area contributed by atoms with Crippen molar-refractivity contribution in [2.45, 2.75) is 32.6 Å². The number of nitrogens with zero attached hydrogens (tertiary/aromatic N) is 2. The molecule has 1 aliphatic rings. The van der Waals surface area contributed by atoms with Crippen LogP contribution in [0.4, 0.5) is 5.82 Å². The summed E-state index contributed by atoms with van der Waals surface area (Å²) < 4.78 is 0. The molecule has 2 heterocycles. The Balaban J connectivity index is 1.45. The number of fused-ring (bicyclic) bond motifs is 3. The molecule has 0 bridgehead atoms. The van der Waals surface area contributed by atoms with E-state index in [0.29, 0.717) is 23.7 Å². The van der Waals surface area contributed by atoms with E-state index in [2.05, 4.69) is 20.6 Å². The number of hydrogen-bond donors (Lipinski definition) is 2. The third-order valence-corrected chi connectivity index (χ3v) is 6.26. The van der Waals surface area contributed by atoms with E-state index in [1.165, 1.54) is 23.3 Å². The fraction of sp³-hybridized carbons (Fsp3) is 0.350. The van der Waals surface area contributed by atoms with Crippen LogP contribution in [0.1, 0.15) is 39.5 Å². The minimum atomic E-state index is -0.167. The highest BCUT2D eigenvalue weighted by Crippen LogP contribution is 2.38. The molecule has 0 radical (unpaired) electrons. The van der Waals surface area contributed by atoms with Crippen molar-refractivity contribution < 1.29 is 4.79 Å². The number of carbonyl (C=O) groups is 1. The number of aryl methyl sites for hydroxylation is 3. The van der Waals surface area contributed by atoms with Gasteiger partial charge in [-0.15, -0.1) is 11.3 Å². The van der Waals surface area contributed by atoms with Crippen LogP contribution in [0, 0.1) is 6.92 Å². The van der Waals surface area contributed by atoms with Crippen LogP contribution in [0.15, 0.2) is 24.3 Å². The van der Waals surface area contributed by atoms with Gasteiger partial charge in [0, 0.05) is 18.0 Å². The Morgan fingerprint density at radius 3 is 2.85 bits per heavy atom. The van der Waals surface area contributed by atoms with Gasteiger partial charge < -0.3 is 10.6 Å². The lowest BCUT2D eigenvalue weighted by Gasteiger charge is -2.13. The van der Waals surface area contributed by atoms with Crippen LogP contribution >= 0.6 is 22.9 Å². The summed E-state index contributed by atoms with van der Waals surface area (Å²) in [5.41, 5.74) is 1.90. The first-order valence-electron chi connectivity index (χ1n) is 9.19. The van der Waals surface area contributed by atoms with E-state index in [0.717, 1.165) is 34.7 Å². The van der Waals surface area contributed by atoms with Gasteiger partial charge in [-0.05, 0) is 50.3 Å². The summed E-state index contributed by atoms with van der Waals surface area (Å²) in [6.07, 6.45) is 4.71. The van der Waals surface area contributed by atoms with Crippen molar-refractivity contribution in [3.05, 3.63) is 51.1 Å². The average molecular weight is 401 g/mol. The highest BCUT2D eigenvalue weighted by atomic mass is 35.5. The Bertz CT molecular complexity index is 1000. The first-order valence-corrected chi connectivity index (χ1v) is 10.4. The van der Waals surface area contributed by atoms with Crippen molar-refractivity contribution in [3.8, 4) is 0 Å². The van der Waals surface area contributed by atoms with Gasteiger partial charge in [-0.25, -0.2) is 9.97 Å². The summed E-state index contributed by atoms with van der Waals surface area (Å²) in [6, 6.07) is 7.05. The smallest absolute Gasteiger partial charge is 0.252 e. The van der Waals surface area contributed by atoms with E-state index in [9.17, 15) is 4.79 Å². The highest BCUT2D eigenvalue weighted by Gasteiger charge is 2.20. The van der Waals surface area contributed by atoms with Crippen molar-refractivity contribution in [1.29, 1.82) is 0 Å². The van der Waals surface area contributed by atoms with Crippen LogP contribution in [-0.2, 0) is 12.8 Å². The Labute approximate surface area is 167 Å². The monoisotopic (exact) mass is 400 g/mol. The van der Waals surface area contributed by atoms with Crippen LogP contribution < -0.4 is 10.6 Å². The van der Waals surface area contributed by atoms with E-state index >= 15 is 0 Å². The molecule has 7 heteroatoms. The van der Waals surface area contributed by atoms with E-state index in [1.807, 2.05) is 13.0 Å². The normalized spacial score (nSPS) is 13.4. The first-order chi connectivity index (χ1) is 13.1. The standard InChI is InChI=1S/C20H21ClN4OS/c1-12-24-18(17-14-7-3-5-9-16(14)27-20(17)25-12)22-10-11-23-19(26)13-6-2-4-8-15(13)21/h2,4,6,8H,3,5,7,9-11H2,1H3,(H,23,26)(H,22,24,25). The molecule has 0 saturated heterocycles. The van der Waals surface area contributed by atoms with E-state index in [4.69, 9.17) is 11.6 Å². The second-order valence-electron chi connectivity index (χ2n) is 6.67. The molecule has 1 aromatic carbocycles. The predicted octanol–water partition coefficient (Wildman–Crippen LogP) is 4.37. The van der Waals surface area contributed by atoms with Crippen LogP contribution in [-0.4, -0.2) is 29.0 Å². The minimum Gasteiger partial charge on any atom is -0.368 e. The molecule has 4 rings (SSSR count). The topological polar surface area (TPSA) is 66.9 Å². The zero-order valence-electron chi connectivity index (χ0n) is 15.1. The number of anilines is 1. The number of thiophene rings is 1. The van der Waals surface area contributed by atoms with Crippen molar-refractivity contribution in [3.63, 3.8) is 0 Å². The third-order valence-electron chi connectivity index (χ3n) is 4.75. The van der Waals surface area contributed by atoms with Crippen molar-refractivity contribution in [2.75, 3.05) is 18.4 Å². The van der Waals surface area contributed by atoms with Gasteiger partial charge in [0.25, 0.3) is 5.91 Å². The van der Waals surface area contributed by atoms with Gasteiger partial charge >= 0.3 is 0 Å². The SMILES string of the molecule is Cc1nc(NCCNC(=O)c2ccccc2Cl)c2c3c(sc2n1)CCCC3. The van der Waals surface area contributed by atoms with Gasteiger partial charge in [-0.1, -0.05) is 23.7 Å². The lowest BCUT2D eigenvalue weighted by molar-refractivity contribution is 0.0955. The Hall–Kier alpha value is -2.18. The summed E-state index contributed by atoms with van der Waals surface area (Å²) in [6.45, 7) is 3.00. The molecule has 5 nitrogen and oxygen atoms in total. The zero-order valence-corrected chi connectivity index (χ0v) is 16.7. The fourth-order valence-electron chi connectivity index (χ4n) is 3.49. The number of nitrogens with one attached hydrogen (secondary N) is 2. The van der Waals surface area contributed by atoms with Crippen LogP contribution in [0.5, 0.6) is 0 Å². The van der Waals surface area contributed by atoms with E-state index < -0.39 is 0 Å². The Morgan fingerprint density at radius 1 is 1.19 bits per heavy atom. The predicted molar refractivity (Wildman–Crippen MR) is 111 cm³/mol. The molecule has 0 saturated carbocycles. The molecule has 1 amide bonds. The lowest BCUT2D eigenvalue weighted by Crippen LogP contribution is -2.29. The average Bonchev–Trinajstić information content (AvgIpc) is 3.03. The lowest BCUT2D eigenvalue weighted by atomic mass is 9.97. The van der Waals surface area contributed by atoms with Gasteiger partial charge in [0.2, 0.25) is 0 Å². The van der Waals surface area contributed by atoms with Crippen LogP contribution in [0.3, 0.4) is 0 Å². The fourth-order valence-corrected chi connectivity index (χ4v) is 5.02. The molecule has 2 aromatic heterocycles. The number of carbonyl (C=O) groups excluding carboxylic acids is 1. The number of rotatable bonds is 5. The first kappa shape index (κ1) is 18.2. The summed E-state index contributed by atoms with van der Waals surface area (Å²) in [7, 11) is 0. The molecule has 0 fully saturated rings. The number of benzene rings is 1. The molecule has 2 N–H and O–H groups in total. The van der Waals surface area contributed by atoms with Crippen LogP contribution in [0.25, 0.3) is 10.2 Å². The number of amides is 1. The Kier molecular flexibility index (Phi) is 5.27. The van der Waals surface area contributed by atoms with E-state index in [-0.39, 0.29) is 5.91 Å². The summed E-state index contributed by atoms with van der Waals surface area (Å²) in [5, 5.41) is 7.92. The maximum absolute atomic E-state index is 12.2. The largest absolute Gasteiger partial charge is 0.368 e. The van der Waals surface area contributed by atoms with Gasteiger partial charge in [0.1, 0.15) is 16.5 Å². The highest BCUT2D eigenvalue weighted by molar-refractivity contribution is 7.19. The quantitative estimate of drug-likeness (QED) is 0.624. The van der Waals surface area contributed by atoms with Gasteiger partial charge in [-0.3, -0.25) is 4.79 Å². The maximum Gasteiger partial charge on any atom is 0.252 e. The molecule has 27 heavy (non-hydrogen) atoms. The summed E-state index contributed by atoms with van der Waals surface area (Å²) in [5.74, 6) is 1.48. The molecular formula is C20H21ClN4OS. The molecule has 0 aliphatic heterocycles.